The highest BCUT2D eigenvalue weighted by atomic mass is 32.2. The van der Waals surface area contributed by atoms with Gasteiger partial charge in [0.05, 0.1) is 5.75 Å². The van der Waals surface area contributed by atoms with E-state index in [1.54, 1.807) is 7.05 Å². The molecule has 0 unspecified atom stereocenters. The minimum absolute atomic E-state index is 0.132. The Morgan fingerprint density at radius 2 is 1.96 bits per heavy atom. The molecule has 0 radical (unpaired) electrons. The molecule has 0 aliphatic carbocycles. The molecule has 0 atom stereocenters. The summed E-state index contributed by atoms with van der Waals surface area (Å²) in [5, 5.41) is 0.620. The average Bonchev–Trinajstić information content (AvgIpc) is 2.93. The monoisotopic (exact) mass is 352 g/mol. The second kappa shape index (κ2) is 8.32. The lowest BCUT2D eigenvalue weighted by molar-refractivity contribution is -0.116. The lowest BCUT2D eigenvalue weighted by atomic mass is 10.2. The highest BCUT2D eigenvalue weighted by Crippen LogP contribution is 2.22. The van der Waals surface area contributed by atoms with Crippen LogP contribution in [0.25, 0.3) is 11.2 Å². The number of carbonyl (C=O) groups is 1. The molecule has 24 heavy (non-hydrogen) atoms. The van der Waals surface area contributed by atoms with Gasteiger partial charge in [0.15, 0.2) is 16.3 Å². The van der Waals surface area contributed by atoms with E-state index in [2.05, 4.69) is 16.9 Å². The molecule has 2 heterocycles. The number of aromatic amines is 1. The molecule has 2 aromatic rings. The fourth-order valence-electron chi connectivity index (χ4n) is 2.48. The van der Waals surface area contributed by atoms with Gasteiger partial charge in [0, 0.05) is 20.0 Å². The number of nitrogens with zero attached hydrogens (tertiary/aromatic N) is 3. The maximum absolute atomic E-state index is 12.3. The molecule has 0 amide bonds. The van der Waals surface area contributed by atoms with Gasteiger partial charge in [-0.25, -0.2) is 9.78 Å². The molecule has 0 aromatic carbocycles. The molecule has 132 valence electrons. The number of hydrogen-bond acceptors (Lipinski definition) is 5. The van der Waals surface area contributed by atoms with Crippen molar-refractivity contribution in [2.24, 2.45) is 7.05 Å². The number of thioether (sulfide) groups is 1. The highest BCUT2D eigenvalue weighted by Gasteiger charge is 2.18. The van der Waals surface area contributed by atoms with Gasteiger partial charge >= 0.3 is 5.69 Å². The van der Waals surface area contributed by atoms with Crippen molar-refractivity contribution in [1.29, 1.82) is 0 Å². The molecule has 0 fully saturated rings. The number of aryl methyl sites for hydroxylation is 2. The summed E-state index contributed by atoms with van der Waals surface area (Å²) in [5.41, 5.74) is -0.139. The molecule has 0 spiro atoms. The van der Waals surface area contributed by atoms with Crippen LogP contribution >= 0.6 is 11.8 Å². The van der Waals surface area contributed by atoms with Crippen molar-refractivity contribution in [3.8, 4) is 0 Å². The molecule has 8 heteroatoms. The van der Waals surface area contributed by atoms with Crippen LogP contribution in [-0.4, -0.2) is 30.6 Å². The van der Waals surface area contributed by atoms with Crippen LogP contribution in [0.3, 0.4) is 0 Å². The summed E-state index contributed by atoms with van der Waals surface area (Å²) in [6.45, 7) is 4.62. The number of aromatic nitrogens is 4. The third-order valence-corrected chi connectivity index (χ3v) is 5.00. The summed E-state index contributed by atoms with van der Waals surface area (Å²) < 4.78 is 3.18. The van der Waals surface area contributed by atoms with E-state index in [-0.39, 0.29) is 5.78 Å². The van der Waals surface area contributed by atoms with Crippen molar-refractivity contribution in [1.82, 2.24) is 19.1 Å². The Hall–Kier alpha value is -1.83. The fourth-order valence-corrected chi connectivity index (χ4v) is 3.46. The van der Waals surface area contributed by atoms with Gasteiger partial charge in [-0.05, 0) is 6.42 Å². The normalized spacial score (nSPS) is 11.3. The molecule has 0 bridgehead atoms. The van der Waals surface area contributed by atoms with E-state index in [1.807, 2.05) is 11.5 Å². The largest absolute Gasteiger partial charge is 0.329 e. The molecule has 2 rings (SSSR count). The quantitative estimate of drug-likeness (QED) is 0.551. The number of carbonyl (C=O) groups excluding carboxylic acids is 1. The summed E-state index contributed by atoms with van der Waals surface area (Å²) in [7, 11) is 1.58. The summed E-state index contributed by atoms with van der Waals surface area (Å²) in [6, 6.07) is 0. The zero-order valence-corrected chi connectivity index (χ0v) is 15.2. The summed E-state index contributed by atoms with van der Waals surface area (Å²) >= 11 is 1.33. The number of nitrogens with one attached hydrogen (secondary N) is 1. The number of H-pyrrole nitrogens is 1. The van der Waals surface area contributed by atoms with Gasteiger partial charge in [0.25, 0.3) is 5.56 Å². The van der Waals surface area contributed by atoms with E-state index in [9.17, 15) is 14.4 Å². The van der Waals surface area contributed by atoms with Gasteiger partial charge in [-0.3, -0.25) is 19.1 Å². The molecule has 0 aliphatic rings. The Kier molecular flexibility index (Phi) is 6.42. The van der Waals surface area contributed by atoms with Crippen LogP contribution in [0, 0.1) is 0 Å². The highest BCUT2D eigenvalue weighted by molar-refractivity contribution is 7.99. The molecule has 0 aliphatic heterocycles. The molecule has 7 nitrogen and oxygen atoms in total. The molecule has 0 saturated heterocycles. The van der Waals surface area contributed by atoms with E-state index in [0.717, 1.165) is 25.7 Å². The van der Waals surface area contributed by atoms with Gasteiger partial charge in [0.2, 0.25) is 0 Å². The van der Waals surface area contributed by atoms with Crippen molar-refractivity contribution in [2.75, 3.05) is 5.75 Å². The van der Waals surface area contributed by atoms with Crippen molar-refractivity contribution < 1.29 is 4.79 Å². The Labute approximate surface area is 144 Å². The van der Waals surface area contributed by atoms with Crippen molar-refractivity contribution in [3.05, 3.63) is 20.8 Å². The minimum atomic E-state index is -0.482. The topological polar surface area (TPSA) is 89.8 Å². The number of Topliss-reactive ketones (excluding diaryl/α,β-unsaturated/α-hetero) is 1. The van der Waals surface area contributed by atoms with Crippen LogP contribution in [0.2, 0.25) is 0 Å². The van der Waals surface area contributed by atoms with Crippen LogP contribution in [0.4, 0.5) is 0 Å². The van der Waals surface area contributed by atoms with E-state index >= 15 is 0 Å². The number of unbranched alkanes of at least 4 members (excludes halogenated alkanes) is 3. The van der Waals surface area contributed by atoms with E-state index < -0.39 is 11.2 Å². The number of hydrogen-bond donors (Lipinski definition) is 1. The van der Waals surface area contributed by atoms with Gasteiger partial charge < -0.3 is 4.57 Å². The van der Waals surface area contributed by atoms with Crippen LogP contribution in [0.1, 0.15) is 46.0 Å². The maximum atomic E-state index is 12.3. The predicted molar refractivity (Wildman–Crippen MR) is 95.8 cm³/mol. The third kappa shape index (κ3) is 3.98. The first-order valence-electron chi connectivity index (χ1n) is 8.33. The molecule has 0 saturated carbocycles. The smallest absolute Gasteiger partial charge is 0.313 e. The van der Waals surface area contributed by atoms with Crippen LogP contribution in [0.15, 0.2) is 14.7 Å². The van der Waals surface area contributed by atoms with Crippen LogP contribution in [0.5, 0.6) is 0 Å². The van der Waals surface area contributed by atoms with Gasteiger partial charge in [-0.15, -0.1) is 0 Å². The van der Waals surface area contributed by atoms with Gasteiger partial charge in [0.1, 0.15) is 5.78 Å². The van der Waals surface area contributed by atoms with Crippen LogP contribution in [-0.2, 0) is 18.4 Å². The predicted octanol–water partition coefficient (Wildman–Crippen LogP) is 2.07. The van der Waals surface area contributed by atoms with Gasteiger partial charge in [-0.2, -0.15) is 0 Å². The second-order valence-electron chi connectivity index (χ2n) is 5.78. The number of ketones is 1. The van der Waals surface area contributed by atoms with E-state index in [1.165, 1.54) is 16.3 Å². The molecule has 2 aromatic heterocycles. The first-order valence-corrected chi connectivity index (χ1v) is 9.32. The average molecular weight is 352 g/mol. The number of imidazole rings is 1. The Morgan fingerprint density at radius 1 is 1.21 bits per heavy atom. The van der Waals surface area contributed by atoms with Crippen molar-refractivity contribution in [3.63, 3.8) is 0 Å². The SMILES string of the molecule is CCCCCCn1c(SCC(=O)CC)nc2c1c(=O)[nH]c(=O)n2C. The minimum Gasteiger partial charge on any atom is -0.313 e. The lowest BCUT2D eigenvalue weighted by Crippen LogP contribution is -2.29. The number of fused-ring (bicyclic) bond motifs is 1. The second-order valence-corrected chi connectivity index (χ2v) is 6.72. The van der Waals surface area contributed by atoms with Crippen LogP contribution < -0.4 is 11.2 Å². The zero-order valence-electron chi connectivity index (χ0n) is 14.4. The van der Waals surface area contributed by atoms with Crippen molar-refractivity contribution >= 4 is 28.7 Å². The Morgan fingerprint density at radius 3 is 2.62 bits per heavy atom. The summed E-state index contributed by atoms with van der Waals surface area (Å²) in [4.78, 5) is 42.4. The van der Waals surface area contributed by atoms with Gasteiger partial charge in [-0.1, -0.05) is 44.9 Å². The first kappa shape index (κ1) is 18.5. The Bertz CT molecular complexity index is 834. The lowest BCUT2D eigenvalue weighted by Gasteiger charge is -2.08. The standard InChI is InChI=1S/C16H24N4O3S/c1-4-6-7-8-9-20-12-13(19(3)15(23)18-14(12)22)17-16(20)24-10-11(21)5-2/h4-10H2,1-3H3,(H,18,22,23). The van der Waals surface area contributed by atoms with Crippen molar-refractivity contribution in [2.45, 2.75) is 57.7 Å². The fraction of sp³-hybridized carbons (Fsp3) is 0.625. The van der Waals surface area contributed by atoms with E-state index in [4.69, 9.17) is 0 Å². The Balaban J connectivity index is 2.43. The molecule has 1 N–H and O–H groups in total. The first-order chi connectivity index (χ1) is 11.5. The molecular formula is C16H24N4O3S. The summed E-state index contributed by atoms with van der Waals surface area (Å²) in [5.74, 6) is 0.452. The number of rotatable bonds is 9. The zero-order chi connectivity index (χ0) is 17.7. The summed E-state index contributed by atoms with van der Waals surface area (Å²) in [6.07, 6.45) is 4.74. The molecular weight excluding hydrogens is 328 g/mol. The third-order valence-electron chi connectivity index (χ3n) is 3.96. The van der Waals surface area contributed by atoms with E-state index in [0.29, 0.717) is 35.0 Å². The maximum Gasteiger partial charge on any atom is 0.329 e.